The molecule has 1 aliphatic rings. The van der Waals surface area contributed by atoms with E-state index in [0.29, 0.717) is 5.56 Å². The fourth-order valence-electron chi connectivity index (χ4n) is 2.21. The predicted octanol–water partition coefficient (Wildman–Crippen LogP) is -2.02. The molecule has 1 aromatic heterocycles. The van der Waals surface area contributed by atoms with Crippen LogP contribution in [0.15, 0.2) is 15.8 Å². The van der Waals surface area contributed by atoms with Gasteiger partial charge in [0.2, 0.25) is 5.79 Å². The van der Waals surface area contributed by atoms with E-state index in [2.05, 4.69) is 4.98 Å². The highest BCUT2D eigenvalue weighted by molar-refractivity contribution is 5.04. The lowest BCUT2D eigenvalue weighted by molar-refractivity contribution is -0.278. The molecule has 2 rings (SSSR count). The Kier molecular flexibility index (Phi) is 3.13. The zero-order chi connectivity index (χ0) is 14.4. The third-order valence-corrected chi connectivity index (χ3v) is 3.35. The van der Waals surface area contributed by atoms with Crippen molar-refractivity contribution in [2.24, 2.45) is 0 Å². The molecule has 0 saturated carbocycles. The van der Waals surface area contributed by atoms with Gasteiger partial charge in [0.25, 0.3) is 5.56 Å². The minimum absolute atomic E-state index is 0.102. The van der Waals surface area contributed by atoms with Crippen molar-refractivity contribution in [2.75, 3.05) is 6.61 Å². The molecule has 0 radical (unpaired) electrons. The minimum Gasteiger partial charge on any atom is -0.391 e. The summed E-state index contributed by atoms with van der Waals surface area (Å²) in [5.41, 5.74) is -2.30. The van der Waals surface area contributed by atoms with Gasteiger partial charge in [-0.25, -0.2) is 4.79 Å². The van der Waals surface area contributed by atoms with Crippen LogP contribution in [0.1, 0.15) is 18.9 Å². The second-order valence-electron chi connectivity index (χ2n) is 4.94. The van der Waals surface area contributed by atoms with Gasteiger partial charge in [-0.05, 0) is 13.8 Å². The number of aliphatic hydroxyl groups excluding tert-OH is 2. The lowest BCUT2D eigenvalue weighted by Gasteiger charge is -2.29. The van der Waals surface area contributed by atoms with E-state index in [1.807, 2.05) is 0 Å². The van der Waals surface area contributed by atoms with Gasteiger partial charge >= 0.3 is 5.69 Å². The first-order valence-electron chi connectivity index (χ1n) is 5.76. The molecule has 1 fully saturated rings. The first kappa shape index (κ1) is 13.9. The second kappa shape index (κ2) is 4.27. The van der Waals surface area contributed by atoms with E-state index in [1.165, 1.54) is 20.0 Å². The predicted molar refractivity (Wildman–Crippen MR) is 63.5 cm³/mol. The maximum absolute atomic E-state index is 11.8. The zero-order valence-electron chi connectivity index (χ0n) is 10.6. The van der Waals surface area contributed by atoms with Gasteiger partial charge < -0.3 is 20.1 Å². The summed E-state index contributed by atoms with van der Waals surface area (Å²) in [7, 11) is 0. The Balaban J connectivity index is 2.51. The molecule has 1 aliphatic heterocycles. The molecule has 3 atom stereocenters. The van der Waals surface area contributed by atoms with Crippen molar-refractivity contribution in [2.45, 2.75) is 37.9 Å². The summed E-state index contributed by atoms with van der Waals surface area (Å²) >= 11 is 0. The van der Waals surface area contributed by atoms with E-state index in [0.717, 1.165) is 4.57 Å². The molecule has 0 unspecified atom stereocenters. The van der Waals surface area contributed by atoms with Gasteiger partial charge in [-0.2, -0.15) is 0 Å². The first-order chi connectivity index (χ1) is 8.72. The Hall–Kier alpha value is -1.48. The van der Waals surface area contributed by atoms with Crippen LogP contribution in [0, 0.1) is 6.92 Å². The van der Waals surface area contributed by atoms with Gasteiger partial charge in [-0.3, -0.25) is 14.3 Å². The molecule has 19 heavy (non-hydrogen) atoms. The topological polar surface area (TPSA) is 125 Å². The summed E-state index contributed by atoms with van der Waals surface area (Å²) in [5, 5.41) is 28.7. The van der Waals surface area contributed by atoms with Crippen LogP contribution in [-0.2, 0) is 10.5 Å². The van der Waals surface area contributed by atoms with Crippen molar-refractivity contribution in [3.05, 3.63) is 32.6 Å². The van der Waals surface area contributed by atoms with Crippen LogP contribution >= 0.6 is 0 Å². The van der Waals surface area contributed by atoms with E-state index in [4.69, 9.17) is 9.84 Å². The number of ether oxygens (including phenoxy) is 1. The number of hydrogen-bond acceptors (Lipinski definition) is 6. The van der Waals surface area contributed by atoms with Gasteiger partial charge in [0, 0.05) is 18.2 Å². The molecule has 4 N–H and O–H groups in total. The van der Waals surface area contributed by atoms with Gasteiger partial charge in [-0.15, -0.1) is 0 Å². The number of H-pyrrole nitrogens is 1. The van der Waals surface area contributed by atoms with Crippen LogP contribution in [0.3, 0.4) is 0 Å². The van der Waals surface area contributed by atoms with E-state index in [-0.39, 0.29) is 6.42 Å². The number of aromatic nitrogens is 2. The number of aromatic amines is 1. The average Bonchev–Trinajstić information content (AvgIpc) is 2.56. The van der Waals surface area contributed by atoms with Crippen molar-refractivity contribution in [1.29, 1.82) is 0 Å². The normalized spacial score (nSPS) is 34.7. The van der Waals surface area contributed by atoms with Crippen molar-refractivity contribution in [1.82, 2.24) is 9.55 Å². The molecule has 0 aromatic carbocycles. The number of rotatable bonds is 2. The largest absolute Gasteiger partial charge is 0.391 e. The first-order valence-corrected chi connectivity index (χ1v) is 5.76. The lowest BCUT2D eigenvalue weighted by Crippen LogP contribution is -2.46. The molecular formula is C11H16N2O6. The standard InChI is InChI=1S/C11H16N2O6/c1-6-4-13(9(17)12-8(6)16)10(2)3-7(15)11(18,5-14)19-10/h4,7,14-15,18H,3,5H2,1-2H3,(H,12,16,17)/t7-,10+,11+/m0/s1. The molecule has 8 heteroatoms. The molecule has 0 amide bonds. The highest BCUT2D eigenvalue weighted by Gasteiger charge is 2.53. The van der Waals surface area contributed by atoms with Gasteiger partial charge in [-0.1, -0.05) is 0 Å². The van der Waals surface area contributed by atoms with Crippen molar-refractivity contribution in [3.63, 3.8) is 0 Å². The number of nitrogens with one attached hydrogen (secondary N) is 1. The zero-order valence-corrected chi connectivity index (χ0v) is 10.6. The van der Waals surface area contributed by atoms with Gasteiger partial charge in [0.1, 0.15) is 6.10 Å². The van der Waals surface area contributed by atoms with Gasteiger partial charge in [0.05, 0.1) is 6.61 Å². The van der Waals surface area contributed by atoms with Crippen molar-refractivity contribution >= 4 is 0 Å². The maximum atomic E-state index is 11.8. The van der Waals surface area contributed by atoms with Crippen molar-refractivity contribution in [3.8, 4) is 0 Å². The number of nitrogens with zero attached hydrogens (tertiary/aromatic N) is 1. The van der Waals surface area contributed by atoms with Crippen LogP contribution in [0.5, 0.6) is 0 Å². The lowest BCUT2D eigenvalue weighted by atomic mass is 10.1. The summed E-state index contributed by atoms with van der Waals surface area (Å²) in [5.74, 6) is -2.13. The molecule has 0 spiro atoms. The monoisotopic (exact) mass is 272 g/mol. The summed E-state index contributed by atoms with van der Waals surface area (Å²) in [6.45, 7) is 2.19. The van der Waals surface area contributed by atoms with Crippen LogP contribution in [-0.4, -0.2) is 43.4 Å². The molecule has 2 heterocycles. The molecular weight excluding hydrogens is 256 g/mol. The second-order valence-corrected chi connectivity index (χ2v) is 4.94. The third kappa shape index (κ3) is 2.12. The Labute approximate surface area is 107 Å². The smallest absolute Gasteiger partial charge is 0.330 e. The average molecular weight is 272 g/mol. The Morgan fingerprint density at radius 3 is 2.74 bits per heavy atom. The molecule has 0 aliphatic carbocycles. The Morgan fingerprint density at radius 1 is 1.58 bits per heavy atom. The van der Waals surface area contributed by atoms with E-state index < -0.39 is 35.5 Å². The molecule has 1 saturated heterocycles. The van der Waals surface area contributed by atoms with E-state index >= 15 is 0 Å². The minimum atomic E-state index is -2.13. The van der Waals surface area contributed by atoms with Crippen LogP contribution < -0.4 is 11.2 Å². The van der Waals surface area contributed by atoms with Gasteiger partial charge in [0.15, 0.2) is 5.72 Å². The quantitative estimate of drug-likeness (QED) is 0.492. The van der Waals surface area contributed by atoms with Crippen LogP contribution in [0.4, 0.5) is 0 Å². The number of hydrogen-bond donors (Lipinski definition) is 4. The SMILES string of the molecule is Cc1cn([C@@]2(C)C[C@H](O)[C@@](O)(CO)O2)c(=O)[nH]c1=O. The highest BCUT2D eigenvalue weighted by Crippen LogP contribution is 2.38. The highest BCUT2D eigenvalue weighted by atomic mass is 16.7. The Morgan fingerprint density at radius 2 is 2.21 bits per heavy atom. The fraction of sp³-hybridized carbons (Fsp3) is 0.636. The molecule has 106 valence electrons. The number of aryl methyl sites for hydroxylation is 1. The van der Waals surface area contributed by atoms with E-state index in [9.17, 15) is 19.8 Å². The molecule has 1 aromatic rings. The maximum Gasteiger partial charge on any atom is 0.330 e. The van der Waals surface area contributed by atoms with Crippen molar-refractivity contribution < 1.29 is 20.1 Å². The summed E-state index contributed by atoms with van der Waals surface area (Å²) in [6, 6.07) is 0. The fourth-order valence-corrected chi connectivity index (χ4v) is 2.21. The van der Waals surface area contributed by atoms with E-state index in [1.54, 1.807) is 0 Å². The van der Waals surface area contributed by atoms with Crippen LogP contribution in [0.25, 0.3) is 0 Å². The molecule has 0 bridgehead atoms. The molecule has 8 nitrogen and oxygen atoms in total. The summed E-state index contributed by atoms with van der Waals surface area (Å²) < 4.78 is 6.34. The van der Waals surface area contributed by atoms with Crippen LogP contribution in [0.2, 0.25) is 0 Å². The third-order valence-electron chi connectivity index (χ3n) is 3.35. The Bertz CT molecular complexity index is 608. The summed E-state index contributed by atoms with van der Waals surface area (Å²) in [6.07, 6.45) is -0.159. The summed E-state index contributed by atoms with van der Waals surface area (Å²) in [4.78, 5) is 25.2. The number of aliphatic hydroxyl groups is 3.